The molecule has 0 heterocycles. The lowest BCUT2D eigenvalue weighted by atomic mass is 9.80. The summed E-state index contributed by atoms with van der Waals surface area (Å²) in [6, 6.07) is 5.60. The van der Waals surface area contributed by atoms with Crippen LogP contribution in [0.5, 0.6) is 17.2 Å². The van der Waals surface area contributed by atoms with Crippen LogP contribution in [0, 0.1) is 5.92 Å². The Balaban J connectivity index is 2.13. The maximum absolute atomic E-state index is 13.3. The molecule has 32 heavy (non-hydrogen) atoms. The molecule has 0 saturated heterocycles. The van der Waals surface area contributed by atoms with E-state index in [2.05, 4.69) is 0 Å². The molecule has 8 heteroatoms. The Bertz CT molecular complexity index is 1100. The number of methoxy groups -OCH3 is 1. The van der Waals surface area contributed by atoms with Crippen molar-refractivity contribution in [3.8, 4) is 17.2 Å². The van der Waals surface area contributed by atoms with E-state index in [1.807, 2.05) is 0 Å². The summed E-state index contributed by atoms with van der Waals surface area (Å²) in [5.74, 6) is -4.62. The van der Waals surface area contributed by atoms with Crippen molar-refractivity contribution in [1.82, 2.24) is 0 Å². The fourth-order valence-corrected chi connectivity index (χ4v) is 3.92. The van der Waals surface area contributed by atoms with Crippen LogP contribution in [-0.4, -0.2) is 47.2 Å². The predicted octanol–water partition coefficient (Wildman–Crippen LogP) is 2.97. The molecule has 0 amide bonds. The summed E-state index contributed by atoms with van der Waals surface area (Å²) in [7, 11) is 1.35. The van der Waals surface area contributed by atoms with E-state index in [1.54, 1.807) is 19.9 Å². The van der Waals surface area contributed by atoms with Gasteiger partial charge in [0, 0.05) is 12.0 Å². The third-order valence-electron chi connectivity index (χ3n) is 5.41. The Morgan fingerprint density at radius 1 is 1.03 bits per heavy atom. The number of fused-ring (bicyclic) bond motifs is 2. The van der Waals surface area contributed by atoms with Crippen molar-refractivity contribution in [1.29, 1.82) is 0 Å². The van der Waals surface area contributed by atoms with E-state index in [1.165, 1.54) is 19.2 Å². The SMILES string of the molecule is CCCC(=O)C(Cc1cc(O)c2c(c1O)C(=O)c1c(OC)cccc1C2=O)C(=O)OCC. The molecule has 2 aromatic carbocycles. The minimum Gasteiger partial charge on any atom is -0.507 e. The standard InChI is InChI=1S/C24H24O8/c1-4-7-15(25)14(24(30)32-5-2)10-12-11-16(26)19-20(21(12)27)23(29)18-13(22(19)28)8-6-9-17(18)31-3/h6,8-9,11,14,26-27H,4-5,7,10H2,1-3H3. The van der Waals surface area contributed by atoms with Crippen molar-refractivity contribution >= 4 is 23.3 Å². The number of rotatable bonds is 8. The van der Waals surface area contributed by atoms with Crippen LogP contribution in [0.25, 0.3) is 0 Å². The van der Waals surface area contributed by atoms with E-state index < -0.39 is 35.0 Å². The molecule has 1 aliphatic carbocycles. The van der Waals surface area contributed by atoms with Crippen LogP contribution in [0.1, 0.15) is 64.1 Å². The predicted molar refractivity (Wildman–Crippen MR) is 113 cm³/mol. The number of benzene rings is 2. The number of hydrogen-bond acceptors (Lipinski definition) is 8. The van der Waals surface area contributed by atoms with Gasteiger partial charge in [0.25, 0.3) is 0 Å². The Morgan fingerprint density at radius 2 is 1.75 bits per heavy atom. The maximum atomic E-state index is 13.3. The summed E-state index contributed by atoms with van der Waals surface area (Å²) in [6.07, 6.45) is 0.355. The molecule has 1 atom stereocenters. The van der Waals surface area contributed by atoms with Gasteiger partial charge in [-0.1, -0.05) is 19.1 Å². The molecular formula is C24H24O8. The van der Waals surface area contributed by atoms with Gasteiger partial charge in [0.2, 0.25) is 5.78 Å². The highest BCUT2D eigenvalue weighted by Crippen LogP contribution is 2.42. The van der Waals surface area contributed by atoms with E-state index in [0.29, 0.717) is 6.42 Å². The van der Waals surface area contributed by atoms with Gasteiger partial charge in [0.15, 0.2) is 5.78 Å². The molecule has 0 fully saturated rings. The van der Waals surface area contributed by atoms with Crippen molar-refractivity contribution in [2.75, 3.05) is 13.7 Å². The van der Waals surface area contributed by atoms with Gasteiger partial charge in [-0.05, 0) is 37.5 Å². The van der Waals surface area contributed by atoms with Gasteiger partial charge in [-0.25, -0.2) is 0 Å². The zero-order valence-electron chi connectivity index (χ0n) is 18.1. The normalized spacial score (nSPS) is 13.2. The number of ketones is 3. The van der Waals surface area contributed by atoms with Crippen LogP contribution >= 0.6 is 0 Å². The van der Waals surface area contributed by atoms with Gasteiger partial charge < -0.3 is 19.7 Å². The van der Waals surface area contributed by atoms with Gasteiger partial charge in [-0.3, -0.25) is 19.2 Å². The van der Waals surface area contributed by atoms with Crippen LogP contribution in [-0.2, 0) is 20.7 Å². The van der Waals surface area contributed by atoms with E-state index in [4.69, 9.17) is 9.47 Å². The van der Waals surface area contributed by atoms with Crippen LogP contribution < -0.4 is 4.74 Å². The lowest BCUT2D eigenvalue weighted by molar-refractivity contribution is -0.151. The number of esters is 1. The summed E-state index contributed by atoms with van der Waals surface area (Å²) in [4.78, 5) is 51.2. The molecule has 0 bridgehead atoms. The number of hydrogen-bond donors (Lipinski definition) is 2. The fraction of sp³-hybridized carbons (Fsp3) is 0.333. The van der Waals surface area contributed by atoms with Crippen molar-refractivity contribution in [2.45, 2.75) is 33.1 Å². The van der Waals surface area contributed by atoms with E-state index >= 15 is 0 Å². The quantitative estimate of drug-likeness (QED) is 0.311. The number of ether oxygens (including phenoxy) is 2. The molecule has 0 saturated carbocycles. The molecule has 1 unspecified atom stereocenters. The molecule has 0 aromatic heterocycles. The molecule has 2 aromatic rings. The second-order valence-corrected chi connectivity index (χ2v) is 7.42. The smallest absolute Gasteiger partial charge is 0.316 e. The Hall–Kier alpha value is -3.68. The number of aromatic hydroxyl groups is 2. The summed E-state index contributed by atoms with van der Waals surface area (Å²) >= 11 is 0. The van der Waals surface area contributed by atoms with Crippen LogP contribution in [0.2, 0.25) is 0 Å². The second-order valence-electron chi connectivity index (χ2n) is 7.42. The second kappa shape index (κ2) is 9.21. The first kappa shape index (κ1) is 23.0. The molecule has 0 spiro atoms. The Kier molecular flexibility index (Phi) is 6.62. The topological polar surface area (TPSA) is 127 Å². The zero-order chi connectivity index (χ0) is 23.6. The van der Waals surface area contributed by atoms with Crippen molar-refractivity contribution in [2.24, 2.45) is 5.92 Å². The van der Waals surface area contributed by atoms with Crippen LogP contribution in [0.15, 0.2) is 24.3 Å². The highest BCUT2D eigenvalue weighted by molar-refractivity contribution is 6.31. The molecule has 3 rings (SSSR count). The van der Waals surface area contributed by atoms with Crippen molar-refractivity contribution < 1.29 is 38.9 Å². The average molecular weight is 440 g/mol. The Morgan fingerprint density at radius 3 is 2.38 bits per heavy atom. The van der Waals surface area contributed by atoms with Crippen molar-refractivity contribution in [3.63, 3.8) is 0 Å². The third kappa shape index (κ3) is 3.84. The molecule has 2 N–H and O–H groups in total. The number of carbonyl (C=O) groups is 4. The van der Waals surface area contributed by atoms with Crippen LogP contribution in [0.4, 0.5) is 0 Å². The van der Waals surface area contributed by atoms with Gasteiger partial charge in [0.1, 0.15) is 28.9 Å². The fourth-order valence-electron chi connectivity index (χ4n) is 3.92. The molecule has 168 valence electrons. The van der Waals surface area contributed by atoms with Gasteiger partial charge >= 0.3 is 5.97 Å². The summed E-state index contributed by atoms with van der Waals surface area (Å²) in [5, 5.41) is 21.5. The maximum Gasteiger partial charge on any atom is 0.316 e. The summed E-state index contributed by atoms with van der Waals surface area (Å²) < 4.78 is 10.2. The largest absolute Gasteiger partial charge is 0.507 e. The molecule has 0 aliphatic heterocycles. The number of Topliss-reactive ketones (excluding diaryl/α,β-unsaturated/α-hetero) is 1. The van der Waals surface area contributed by atoms with Crippen LogP contribution in [0.3, 0.4) is 0 Å². The zero-order valence-corrected chi connectivity index (χ0v) is 18.1. The first-order valence-electron chi connectivity index (χ1n) is 10.3. The summed E-state index contributed by atoms with van der Waals surface area (Å²) in [6.45, 7) is 3.47. The van der Waals surface area contributed by atoms with Crippen molar-refractivity contribution in [3.05, 3.63) is 52.1 Å². The minimum atomic E-state index is -1.21. The number of carbonyl (C=O) groups excluding carboxylic acids is 4. The molecule has 8 nitrogen and oxygen atoms in total. The molecule has 1 aliphatic rings. The Labute approximate surface area is 184 Å². The number of phenols is 2. The average Bonchev–Trinajstić information content (AvgIpc) is 2.77. The molecule has 0 radical (unpaired) electrons. The monoisotopic (exact) mass is 440 g/mol. The van der Waals surface area contributed by atoms with Gasteiger partial charge in [-0.2, -0.15) is 0 Å². The highest BCUT2D eigenvalue weighted by Gasteiger charge is 2.38. The summed E-state index contributed by atoms with van der Waals surface area (Å²) in [5.41, 5.74) is -0.699. The number of phenolic OH excluding ortho intramolecular Hbond substituents is 2. The first-order chi connectivity index (χ1) is 15.3. The minimum absolute atomic E-state index is 0.0109. The first-order valence-corrected chi connectivity index (χ1v) is 10.3. The lowest BCUT2D eigenvalue weighted by Crippen LogP contribution is -2.29. The third-order valence-corrected chi connectivity index (χ3v) is 5.41. The van der Waals surface area contributed by atoms with Gasteiger partial charge in [-0.15, -0.1) is 0 Å². The van der Waals surface area contributed by atoms with E-state index in [0.717, 1.165) is 6.07 Å². The van der Waals surface area contributed by atoms with E-state index in [-0.39, 0.29) is 58.8 Å². The highest BCUT2D eigenvalue weighted by atomic mass is 16.5. The lowest BCUT2D eigenvalue weighted by Gasteiger charge is -2.23. The van der Waals surface area contributed by atoms with E-state index in [9.17, 15) is 29.4 Å². The molecular weight excluding hydrogens is 416 g/mol. The van der Waals surface area contributed by atoms with Gasteiger partial charge in [0.05, 0.1) is 30.4 Å².